The first kappa shape index (κ1) is 11.7. The van der Waals surface area contributed by atoms with E-state index < -0.39 is 0 Å². The molecule has 2 rings (SSSR count). The minimum Gasteiger partial charge on any atom is -0.326 e. The maximum absolute atomic E-state index is 5.68. The molecule has 0 spiro atoms. The summed E-state index contributed by atoms with van der Waals surface area (Å²) in [6, 6.07) is 1.94. The quantitative estimate of drug-likeness (QED) is 0.853. The Hall–Kier alpha value is -1.81. The Labute approximate surface area is 101 Å². The highest BCUT2D eigenvalue weighted by atomic mass is 14.9. The van der Waals surface area contributed by atoms with Crippen LogP contribution in [0.1, 0.15) is 22.5 Å². The van der Waals surface area contributed by atoms with E-state index in [2.05, 4.69) is 15.0 Å². The van der Waals surface area contributed by atoms with Gasteiger partial charge in [-0.25, -0.2) is 9.97 Å². The number of nitrogens with two attached hydrogens (primary N) is 1. The molecule has 0 atom stereocenters. The molecule has 88 valence electrons. The Morgan fingerprint density at radius 2 is 1.76 bits per heavy atom. The van der Waals surface area contributed by atoms with Crippen LogP contribution in [0, 0.1) is 20.8 Å². The third-order valence-corrected chi connectivity index (χ3v) is 2.89. The number of pyridine rings is 1. The zero-order valence-electron chi connectivity index (χ0n) is 10.4. The van der Waals surface area contributed by atoms with E-state index in [0.717, 1.165) is 33.9 Å². The van der Waals surface area contributed by atoms with Crippen molar-refractivity contribution in [2.75, 3.05) is 0 Å². The van der Waals surface area contributed by atoms with Crippen LogP contribution in [0.4, 0.5) is 0 Å². The molecule has 0 radical (unpaired) electrons. The number of rotatable bonds is 2. The molecule has 0 fully saturated rings. The molecule has 0 unspecified atom stereocenters. The van der Waals surface area contributed by atoms with Gasteiger partial charge in [0.2, 0.25) is 0 Å². The van der Waals surface area contributed by atoms with Crippen molar-refractivity contribution in [2.24, 2.45) is 5.73 Å². The third-order valence-electron chi connectivity index (χ3n) is 2.89. The van der Waals surface area contributed by atoms with E-state index in [-0.39, 0.29) is 0 Å². The van der Waals surface area contributed by atoms with Gasteiger partial charge < -0.3 is 5.73 Å². The number of hydrogen-bond acceptors (Lipinski definition) is 4. The standard InChI is InChI=1S/C13H16N4/c1-8-7-15-5-4-11(8)13-16-9(2)12(6-14)10(3)17-13/h4-5,7H,6,14H2,1-3H3. The summed E-state index contributed by atoms with van der Waals surface area (Å²) < 4.78 is 0. The van der Waals surface area contributed by atoms with Crippen molar-refractivity contribution in [3.05, 3.63) is 41.0 Å². The molecule has 0 bridgehead atoms. The molecule has 2 aromatic rings. The predicted octanol–water partition coefficient (Wildman–Crippen LogP) is 1.92. The van der Waals surface area contributed by atoms with E-state index in [4.69, 9.17) is 5.73 Å². The molecule has 0 saturated carbocycles. The topological polar surface area (TPSA) is 64.7 Å². The smallest absolute Gasteiger partial charge is 0.160 e. The molecule has 0 aliphatic carbocycles. The summed E-state index contributed by atoms with van der Waals surface area (Å²) in [5.41, 5.74) is 10.7. The van der Waals surface area contributed by atoms with Gasteiger partial charge in [-0.1, -0.05) is 0 Å². The van der Waals surface area contributed by atoms with Gasteiger partial charge in [0.15, 0.2) is 5.82 Å². The number of aromatic nitrogens is 3. The monoisotopic (exact) mass is 228 g/mol. The van der Waals surface area contributed by atoms with Crippen LogP contribution in [-0.2, 0) is 6.54 Å². The number of nitrogens with zero attached hydrogens (tertiary/aromatic N) is 3. The first-order chi connectivity index (χ1) is 8.13. The van der Waals surface area contributed by atoms with Crippen LogP contribution in [-0.4, -0.2) is 15.0 Å². The summed E-state index contributed by atoms with van der Waals surface area (Å²) in [4.78, 5) is 13.1. The first-order valence-corrected chi connectivity index (χ1v) is 5.58. The lowest BCUT2D eigenvalue weighted by molar-refractivity contribution is 0.937. The molecule has 4 nitrogen and oxygen atoms in total. The normalized spacial score (nSPS) is 10.6. The van der Waals surface area contributed by atoms with Crippen molar-refractivity contribution in [3.8, 4) is 11.4 Å². The molecular weight excluding hydrogens is 212 g/mol. The second-order valence-corrected chi connectivity index (χ2v) is 4.09. The Bertz CT molecular complexity index is 526. The van der Waals surface area contributed by atoms with Gasteiger partial charge in [0, 0.05) is 41.5 Å². The van der Waals surface area contributed by atoms with Gasteiger partial charge in [-0.05, 0) is 32.4 Å². The summed E-state index contributed by atoms with van der Waals surface area (Å²) in [7, 11) is 0. The summed E-state index contributed by atoms with van der Waals surface area (Å²) >= 11 is 0. The van der Waals surface area contributed by atoms with Gasteiger partial charge in [0.05, 0.1) is 0 Å². The highest BCUT2D eigenvalue weighted by molar-refractivity contribution is 5.59. The van der Waals surface area contributed by atoms with Gasteiger partial charge in [0.25, 0.3) is 0 Å². The Kier molecular flexibility index (Phi) is 3.15. The van der Waals surface area contributed by atoms with E-state index in [0.29, 0.717) is 6.54 Å². The number of hydrogen-bond donors (Lipinski definition) is 1. The van der Waals surface area contributed by atoms with Gasteiger partial charge in [-0.2, -0.15) is 0 Å². The second-order valence-electron chi connectivity index (χ2n) is 4.09. The molecule has 2 aromatic heterocycles. The summed E-state index contributed by atoms with van der Waals surface area (Å²) in [5.74, 6) is 0.747. The second kappa shape index (κ2) is 4.59. The molecular formula is C13H16N4. The van der Waals surface area contributed by atoms with Crippen molar-refractivity contribution >= 4 is 0 Å². The lowest BCUT2D eigenvalue weighted by Crippen LogP contribution is -2.07. The van der Waals surface area contributed by atoms with E-state index in [1.807, 2.05) is 33.0 Å². The van der Waals surface area contributed by atoms with Crippen LogP contribution in [0.5, 0.6) is 0 Å². The largest absolute Gasteiger partial charge is 0.326 e. The van der Waals surface area contributed by atoms with Gasteiger partial charge >= 0.3 is 0 Å². The molecule has 4 heteroatoms. The molecule has 0 saturated heterocycles. The van der Waals surface area contributed by atoms with Gasteiger partial charge in [0.1, 0.15) is 0 Å². The maximum Gasteiger partial charge on any atom is 0.160 e. The zero-order valence-corrected chi connectivity index (χ0v) is 10.4. The fourth-order valence-electron chi connectivity index (χ4n) is 1.88. The molecule has 0 amide bonds. The summed E-state index contributed by atoms with van der Waals surface area (Å²) in [5, 5.41) is 0. The molecule has 2 heterocycles. The van der Waals surface area contributed by atoms with Crippen molar-refractivity contribution in [1.29, 1.82) is 0 Å². The van der Waals surface area contributed by atoms with Crippen molar-refractivity contribution in [1.82, 2.24) is 15.0 Å². The minimum atomic E-state index is 0.479. The first-order valence-electron chi connectivity index (χ1n) is 5.58. The van der Waals surface area contributed by atoms with Crippen LogP contribution in [0.3, 0.4) is 0 Å². The predicted molar refractivity (Wildman–Crippen MR) is 67.4 cm³/mol. The summed E-state index contributed by atoms with van der Waals surface area (Å²) in [6.07, 6.45) is 3.58. The maximum atomic E-state index is 5.68. The molecule has 0 aromatic carbocycles. The van der Waals surface area contributed by atoms with E-state index in [1.54, 1.807) is 6.20 Å². The Balaban J connectivity index is 2.59. The van der Waals surface area contributed by atoms with Crippen LogP contribution >= 0.6 is 0 Å². The average molecular weight is 228 g/mol. The lowest BCUT2D eigenvalue weighted by atomic mass is 10.1. The van der Waals surface area contributed by atoms with Crippen LogP contribution in [0.25, 0.3) is 11.4 Å². The fraction of sp³-hybridized carbons (Fsp3) is 0.308. The fourth-order valence-corrected chi connectivity index (χ4v) is 1.88. The van der Waals surface area contributed by atoms with Crippen molar-refractivity contribution < 1.29 is 0 Å². The molecule has 0 aliphatic heterocycles. The molecule has 0 aliphatic rings. The van der Waals surface area contributed by atoms with Gasteiger partial charge in [-0.3, -0.25) is 4.98 Å². The Morgan fingerprint density at radius 1 is 1.12 bits per heavy atom. The lowest BCUT2D eigenvalue weighted by Gasteiger charge is -2.10. The van der Waals surface area contributed by atoms with E-state index >= 15 is 0 Å². The van der Waals surface area contributed by atoms with Crippen molar-refractivity contribution in [3.63, 3.8) is 0 Å². The average Bonchev–Trinajstić information content (AvgIpc) is 2.29. The van der Waals surface area contributed by atoms with E-state index in [9.17, 15) is 0 Å². The van der Waals surface area contributed by atoms with Crippen molar-refractivity contribution in [2.45, 2.75) is 27.3 Å². The van der Waals surface area contributed by atoms with Crippen LogP contribution in [0.15, 0.2) is 18.5 Å². The van der Waals surface area contributed by atoms with E-state index in [1.165, 1.54) is 0 Å². The minimum absolute atomic E-state index is 0.479. The summed E-state index contributed by atoms with van der Waals surface area (Å²) in [6.45, 7) is 6.42. The van der Waals surface area contributed by atoms with Crippen LogP contribution in [0.2, 0.25) is 0 Å². The van der Waals surface area contributed by atoms with Gasteiger partial charge in [-0.15, -0.1) is 0 Å². The molecule has 2 N–H and O–H groups in total. The SMILES string of the molecule is Cc1cnccc1-c1nc(C)c(CN)c(C)n1. The number of aryl methyl sites for hydroxylation is 3. The zero-order chi connectivity index (χ0) is 12.4. The molecule has 17 heavy (non-hydrogen) atoms. The highest BCUT2D eigenvalue weighted by Crippen LogP contribution is 2.20. The Morgan fingerprint density at radius 3 is 2.29 bits per heavy atom. The third kappa shape index (κ3) is 2.17. The van der Waals surface area contributed by atoms with Crippen LogP contribution < -0.4 is 5.73 Å². The highest BCUT2D eigenvalue weighted by Gasteiger charge is 2.10.